The van der Waals surface area contributed by atoms with Crippen LogP contribution < -0.4 is 0 Å². The number of esters is 1. The van der Waals surface area contributed by atoms with Crippen LogP contribution in [0.3, 0.4) is 0 Å². The number of hydroxylamine groups is 2. The van der Waals surface area contributed by atoms with Crippen molar-refractivity contribution in [1.82, 2.24) is 5.06 Å². The number of ether oxygens (including phenoxy) is 1. The first-order valence-electron chi connectivity index (χ1n) is 12.5. The SMILES string of the molecule is O=C(OC1C2CCC1C(N(O)C(=O)c1ccccc1)C2)c1cc(O)c(C(=O)c2c(O)cccc2C(=O)O)c(O)c1. The number of fused-ring (bicyclic) bond motifs is 2. The van der Waals surface area contributed by atoms with Crippen LogP contribution in [0.5, 0.6) is 17.2 Å². The van der Waals surface area contributed by atoms with Crippen molar-refractivity contribution in [1.29, 1.82) is 0 Å². The van der Waals surface area contributed by atoms with Crippen LogP contribution in [-0.4, -0.2) is 66.5 Å². The Morgan fingerprint density at radius 2 is 1.48 bits per heavy atom. The number of nitrogens with zero attached hydrogens (tertiary/aromatic N) is 1. The number of phenols is 3. The lowest BCUT2D eigenvalue weighted by Crippen LogP contribution is -2.42. The van der Waals surface area contributed by atoms with Gasteiger partial charge in [0, 0.05) is 11.5 Å². The van der Waals surface area contributed by atoms with Gasteiger partial charge in [-0.05, 0) is 61.6 Å². The summed E-state index contributed by atoms with van der Waals surface area (Å²) in [5.74, 6) is -6.88. The molecule has 40 heavy (non-hydrogen) atoms. The number of hydrogen-bond donors (Lipinski definition) is 5. The van der Waals surface area contributed by atoms with Gasteiger partial charge in [-0.15, -0.1) is 0 Å². The summed E-state index contributed by atoms with van der Waals surface area (Å²) in [5.41, 5.74) is -1.82. The number of carboxylic acid groups (broad SMARTS) is 1. The third kappa shape index (κ3) is 4.60. The maximum atomic E-state index is 13.0. The van der Waals surface area contributed by atoms with Crippen LogP contribution in [0.2, 0.25) is 0 Å². The molecule has 206 valence electrons. The topological polar surface area (TPSA) is 182 Å². The van der Waals surface area contributed by atoms with Crippen molar-refractivity contribution in [3.8, 4) is 17.2 Å². The number of carboxylic acids is 1. The lowest BCUT2D eigenvalue weighted by molar-refractivity contribution is -0.105. The highest BCUT2D eigenvalue weighted by Crippen LogP contribution is 2.49. The first-order valence-corrected chi connectivity index (χ1v) is 12.5. The Balaban J connectivity index is 1.34. The quantitative estimate of drug-likeness (QED) is 0.127. The molecule has 0 saturated heterocycles. The average molecular weight is 548 g/mol. The van der Waals surface area contributed by atoms with Gasteiger partial charge in [-0.2, -0.15) is 0 Å². The fourth-order valence-electron chi connectivity index (χ4n) is 5.80. The lowest BCUT2D eigenvalue weighted by atomic mass is 9.94. The molecule has 5 N–H and O–H groups in total. The van der Waals surface area contributed by atoms with Gasteiger partial charge < -0.3 is 25.2 Å². The fraction of sp³-hybridized carbons (Fsp3) is 0.241. The number of aromatic hydroxyl groups is 3. The zero-order valence-electron chi connectivity index (χ0n) is 20.9. The first-order chi connectivity index (χ1) is 19.1. The molecule has 5 rings (SSSR count). The zero-order chi connectivity index (χ0) is 28.7. The number of ketones is 1. The second-order valence-electron chi connectivity index (χ2n) is 9.91. The molecule has 0 aliphatic heterocycles. The summed E-state index contributed by atoms with van der Waals surface area (Å²) in [6.07, 6.45) is 1.14. The molecule has 3 aromatic carbocycles. The van der Waals surface area contributed by atoms with E-state index in [4.69, 9.17) is 4.74 Å². The molecule has 1 amide bonds. The molecule has 0 heterocycles. The Labute approximate surface area is 227 Å². The Hall–Kier alpha value is -4.90. The van der Waals surface area contributed by atoms with Gasteiger partial charge in [0.1, 0.15) is 28.9 Å². The van der Waals surface area contributed by atoms with Crippen LogP contribution in [0.1, 0.15) is 66.3 Å². The van der Waals surface area contributed by atoms with Crippen molar-refractivity contribution < 1.29 is 49.5 Å². The van der Waals surface area contributed by atoms with Crippen molar-refractivity contribution in [2.45, 2.75) is 31.4 Å². The van der Waals surface area contributed by atoms with Gasteiger partial charge in [0.2, 0.25) is 5.78 Å². The maximum Gasteiger partial charge on any atom is 0.338 e. The Morgan fingerprint density at radius 3 is 2.12 bits per heavy atom. The monoisotopic (exact) mass is 547 g/mol. The van der Waals surface area contributed by atoms with Crippen LogP contribution >= 0.6 is 0 Å². The van der Waals surface area contributed by atoms with Gasteiger partial charge >= 0.3 is 11.9 Å². The van der Waals surface area contributed by atoms with Crippen LogP contribution in [-0.2, 0) is 4.74 Å². The van der Waals surface area contributed by atoms with Gasteiger partial charge in [-0.25, -0.2) is 14.7 Å². The van der Waals surface area contributed by atoms with Gasteiger partial charge in [0.15, 0.2) is 0 Å². The summed E-state index contributed by atoms with van der Waals surface area (Å²) in [6.45, 7) is 0. The average Bonchev–Trinajstić information content (AvgIpc) is 3.48. The van der Waals surface area contributed by atoms with Crippen LogP contribution in [0, 0.1) is 11.8 Å². The third-order valence-corrected chi connectivity index (χ3v) is 7.64. The molecular formula is C29H25NO10. The summed E-state index contributed by atoms with van der Waals surface area (Å²) in [6, 6.07) is 12.9. The minimum Gasteiger partial charge on any atom is -0.507 e. The Kier molecular flexibility index (Phi) is 6.90. The van der Waals surface area contributed by atoms with Crippen molar-refractivity contribution in [2.75, 3.05) is 0 Å². The van der Waals surface area contributed by atoms with Gasteiger partial charge in [-0.1, -0.05) is 24.3 Å². The maximum absolute atomic E-state index is 13.0. The van der Waals surface area contributed by atoms with Crippen molar-refractivity contribution in [3.05, 3.63) is 88.5 Å². The van der Waals surface area contributed by atoms with E-state index in [1.54, 1.807) is 30.3 Å². The van der Waals surface area contributed by atoms with E-state index in [0.29, 0.717) is 23.5 Å². The van der Waals surface area contributed by atoms with Crippen LogP contribution in [0.4, 0.5) is 0 Å². The predicted molar refractivity (Wildman–Crippen MR) is 136 cm³/mol. The van der Waals surface area contributed by atoms with Crippen LogP contribution in [0.15, 0.2) is 60.7 Å². The smallest absolute Gasteiger partial charge is 0.338 e. The molecule has 0 aromatic heterocycles. The van der Waals surface area contributed by atoms with E-state index in [1.165, 1.54) is 6.07 Å². The number of phenolic OH excluding ortho intramolecular Hbond substituents is 3. The molecule has 2 bridgehead atoms. The highest BCUT2D eigenvalue weighted by molar-refractivity contribution is 6.18. The zero-order valence-corrected chi connectivity index (χ0v) is 20.9. The third-order valence-electron chi connectivity index (χ3n) is 7.64. The summed E-state index contributed by atoms with van der Waals surface area (Å²) in [5, 5.41) is 51.9. The number of amides is 1. The van der Waals surface area contributed by atoms with Gasteiger partial charge in [-0.3, -0.25) is 14.8 Å². The minimum absolute atomic E-state index is 0.115. The molecule has 2 saturated carbocycles. The van der Waals surface area contributed by atoms with Gasteiger partial charge in [0.05, 0.1) is 22.7 Å². The predicted octanol–water partition coefficient (Wildman–Crippen LogP) is 3.59. The second kappa shape index (κ2) is 10.3. The molecule has 11 nitrogen and oxygen atoms in total. The van der Waals surface area contributed by atoms with Crippen molar-refractivity contribution >= 4 is 23.6 Å². The highest BCUT2D eigenvalue weighted by Gasteiger charge is 2.53. The summed E-state index contributed by atoms with van der Waals surface area (Å²) < 4.78 is 5.70. The molecule has 2 aliphatic carbocycles. The normalized spacial score (nSPS) is 21.1. The second-order valence-corrected chi connectivity index (χ2v) is 9.91. The molecular weight excluding hydrogens is 522 g/mol. The van der Waals surface area contributed by atoms with E-state index >= 15 is 0 Å². The summed E-state index contributed by atoms with van der Waals surface area (Å²) in [7, 11) is 0. The number of rotatable bonds is 7. The molecule has 2 aliphatic rings. The van der Waals surface area contributed by atoms with E-state index in [0.717, 1.165) is 30.7 Å². The number of carbonyl (C=O) groups excluding carboxylic acids is 3. The van der Waals surface area contributed by atoms with E-state index < -0.39 is 69.7 Å². The van der Waals surface area contributed by atoms with Crippen molar-refractivity contribution in [2.24, 2.45) is 11.8 Å². The van der Waals surface area contributed by atoms with Gasteiger partial charge in [0.25, 0.3) is 5.91 Å². The number of benzene rings is 3. The molecule has 0 radical (unpaired) electrons. The minimum atomic E-state index is -1.50. The van der Waals surface area contributed by atoms with E-state index in [2.05, 4.69) is 0 Å². The molecule has 3 aromatic rings. The molecule has 11 heteroatoms. The Morgan fingerprint density at radius 1 is 0.800 bits per heavy atom. The fourth-order valence-corrected chi connectivity index (χ4v) is 5.80. The van der Waals surface area contributed by atoms with Crippen LogP contribution in [0.25, 0.3) is 0 Å². The van der Waals surface area contributed by atoms with Crippen molar-refractivity contribution in [3.63, 3.8) is 0 Å². The molecule has 0 spiro atoms. The van der Waals surface area contributed by atoms with E-state index in [-0.39, 0.29) is 17.4 Å². The largest absolute Gasteiger partial charge is 0.507 e. The number of hydrogen-bond acceptors (Lipinski definition) is 9. The summed E-state index contributed by atoms with van der Waals surface area (Å²) >= 11 is 0. The van der Waals surface area contributed by atoms with E-state index in [1.807, 2.05) is 0 Å². The van der Waals surface area contributed by atoms with E-state index in [9.17, 15) is 44.8 Å². The Bertz CT molecular complexity index is 1500. The highest BCUT2D eigenvalue weighted by atomic mass is 16.5. The molecule has 4 atom stereocenters. The summed E-state index contributed by atoms with van der Waals surface area (Å²) in [4.78, 5) is 50.3. The molecule has 2 fully saturated rings. The standard InChI is InChI=1S/C29H25NO10/c31-20-8-4-7-18(28(36)37)23(20)25(34)24-21(32)12-16(13-22(24)33)29(38)40-26-15-9-10-17(26)19(11-15)30(39)27(35)14-5-2-1-3-6-14/h1-8,12-13,15,17,19,26,31-33,39H,9-11H2,(H,36,37). The lowest BCUT2D eigenvalue weighted by Gasteiger charge is -2.29. The first kappa shape index (κ1) is 26.7. The number of carbonyl (C=O) groups is 4. The molecule has 4 unspecified atom stereocenters. The number of aromatic carboxylic acids is 1.